The lowest BCUT2D eigenvalue weighted by molar-refractivity contribution is 0.343. The minimum Gasteiger partial charge on any atom is -0.207 e. The average molecular weight is 204 g/mol. The Labute approximate surface area is 90.8 Å². The van der Waals surface area contributed by atoms with Crippen molar-refractivity contribution >= 4 is 0 Å². The highest BCUT2D eigenvalue weighted by molar-refractivity contribution is 5.26. The van der Waals surface area contributed by atoms with Gasteiger partial charge in [0.05, 0.1) is 0 Å². The van der Waals surface area contributed by atoms with E-state index in [1.807, 2.05) is 12.1 Å². The highest BCUT2D eigenvalue weighted by Crippen LogP contribution is 2.36. The molecule has 1 aliphatic carbocycles. The van der Waals surface area contributed by atoms with Crippen LogP contribution in [0, 0.1) is 17.7 Å². The molecule has 0 fully saturated rings. The summed E-state index contributed by atoms with van der Waals surface area (Å²) in [6.45, 7) is 4.56. The summed E-state index contributed by atoms with van der Waals surface area (Å²) in [5.74, 6) is 1.65. The Morgan fingerprint density at radius 3 is 2.47 bits per heavy atom. The lowest BCUT2D eigenvalue weighted by atomic mass is 9.75. The maximum absolute atomic E-state index is 12.8. The zero-order valence-corrected chi connectivity index (χ0v) is 9.28. The van der Waals surface area contributed by atoms with Crippen LogP contribution >= 0.6 is 0 Å². The molecule has 0 bridgehead atoms. The first-order valence-corrected chi connectivity index (χ1v) is 5.60. The van der Waals surface area contributed by atoms with Crippen LogP contribution < -0.4 is 0 Å². The van der Waals surface area contributed by atoms with E-state index in [0.29, 0.717) is 17.8 Å². The Morgan fingerprint density at radius 1 is 1.13 bits per heavy atom. The predicted molar refractivity (Wildman–Crippen MR) is 61.2 cm³/mol. The lowest BCUT2D eigenvalue weighted by Crippen LogP contribution is -2.18. The van der Waals surface area contributed by atoms with Gasteiger partial charge in [0.1, 0.15) is 5.82 Å². The molecule has 0 heterocycles. The van der Waals surface area contributed by atoms with Crippen molar-refractivity contribution in [2.75, 3.05) is 0 Å². The normalized spacial score (nSPS) is 30.5. The van der Waals surface area contributed by atoms with E-state index in [1.165, 1.54) is 12.0 Å². The van der Waals surface area contributed by atoms with Gasteiger partial charge in [0, 0.05) is 5.92 Å². The van der Waals surface area contributed by atoms with Crippen molar-refractivity contribution in [1.82, 2.24) is 0 Å². The van der Waals surface area contributed by atoms with Gasteiger partial charge in [0.25, 0.3) is 0 Å². The Bertz CT molecular complexity index is 350. The summed E-state index contributed by atoms with van der Waals surface area (Å²) in [7, 11) is 0. The van der Waals surface area contributed by atoms with Crippen molar-refractivity contribution in [2.24, 2.45) is 11.8 Å². The van der Waals surface area contributed by atoms with Crippen LogP contribution in [0.2, 0.25) is 0 Å². The van der Waals surface area contributed by atoms with Gasteiger partial charge in [0.2, 0.25) is 0 Å². The summed E-state index contributed by atoms with van der Waals surface area (Å²) >= 11 is 0. The van der Waals surface area contributed by atoms with Crippen molar-refractivity contribution in [3.63, 3.8) is 0 Å². The van der Waals surface area contributed by atoms with Gasteiger partial charge in [-0.15, -0.1) is 0 Å². The molecule has 1 unspecified atom stereocenters. The largest absolute Gasteiger partial charge is 0.207 e. The van der Waals surface area contributed by atoms with Crippen LogP contribution in [0.15, 0.2) is 36.4 Å². The molecular weight excluding hydrogens is 187 g/mol. The van der Waals surface area contributed by atoms with Crippen LogP contribution in [0.4, 0.5) is 4.39 Å². The first kappa shape index (κ1) is 10.4. The molecule has 1 aromatic carbocycles. The maximum atomic E-state index is 12.8. The summed E-state index contributed by atoms with van der Waals surface area (Å²) in [6.07, 6.45) is 5.68. The third-order valence-corrected chi connectivity index (χ3v) is 3.57. The molecular formula is C14H17F. The minimum absolute atomic E-state index is 0.153. The average Bonchev–Trinajstić information content (AvgIpc) is 2.24. The molecule has 0 saturated carbocycles. The quantitative estimate of drug-likeness (QED) is 0.603. The number of hydrogen-bond acceptors (Lipinski definition) is 0. The van der Waals surface area contributed by atoms with Gasteiger partial charge in [0.15, 0.2) is 0 Å². The zero-order valence-electron chi connectivity index (χ0n) is 9.28. The summed E-state index contributed by atoms with van der Waals surface area (Å²) in [5, 5.41) is 0. The Balaban J connectivity index is 2.26. The van der Waals surface area contributed by atoms with Crippen molar-refractivity contribution in [3.8, 4) is 0 Å². The van der Waals surface area contributed by atoms with Gasteiger partial charge < -0.3 is 0 Å². The van der Waals surface area contributed by atoms with Crippen LogP contribution in [0.25, 0.3) is 0 Å². The fraction of sp³-hybridized carbons (Fsp3) is 0.429. The number of allylic oxidation sites excluding steroid dienone is 2. The van der Waals surface area contributed by atoms with Gasteiger partial charge in [-0.1, -0.05) is 38.1 Å². The molecule has 80 valence electrons. The first-order chi connectivity index (χ1) is 7.18. The van der Waals surface area contributed by atoms with Gasteiger partial charge >= 0.3 is 0 Å². The molecule has 2 rings (SSSR count). The van der Waals surface area contributed by atoms with E-state index in [9.17, 15) is 4.39 Å². The monoisotopic (exact) mass is 204 g/mol. The van der Waals surface area contributed by atoms with E-state index < -0.39 is 0 Å². The van der Waals surface area contributed by atoms with Crippen molar-refractivity contribution < 1.29 is 4.39 Å². The second kappa shape index (κ2) is 4.18. The summed E-state index contributed by atoms with van der Waals surface area (Å²) in [6, 6.07) is 6.90. The van der Waals surface area contributed by atoms with Crippen molar-refractivity contribution in [1.29, 1.82) is 0 Å². The van der Waals surface area contributed by atoms with E-state index in [2.05, 4.69) is 26.0 Å². The molecule has 0 radical (unpaired) electrons. The standard InChI is InChI=1S/C14H17F/c1-10-4-3-5-14(11(10)2)12-6-8-13(15)9-7-12/h3,5-11,14H,4H2,1-2H3/t10-,11-,14?/m1/s1. The molecule has 0 N–H and O–H groups in total. The molecule has 1 heteroatoms. The van der Waals surface area contributed by atoms with Gasteiger partial charge in [-0.3, -0.25) is 0 Å². The molecule has 0 saturated heterocycles. The van der Waals surface area contributed by atoms with Crippen molar-refractivity contribution in [3.05, 3.63) is 47.8 Å². The fourth-order valence-corrected chi connectivity index (χ4v) is 2.28. The van der Waals surface area contributed by atoms with Crippen LogP contribution in [-0.2, 0) is 0 Å². The second-order valence-electron chi connectivity index (χ2n) is 4.58. The Kier molecular flexibility index (Phi) is 2.90. The maximum Gasteiger partial charge on any atom is 0.123 e. The lowest BCUT2D eigenvalue weighted by Gasteiger charge is -2.30. The van der Waals surface area contributed by atoms with Crippen LogP contribution in [0.5, 0.6) is 0 Å². The molecule has 0 nitrogen and oxygen atoms in total. The number of hydrogen-bond donors (Lipinski definition) is 0. The Morgan fingerprint density at radius 2 is 1.80 bits per heavy atom. The van der Waals surface area contributed by atoms with Gasteiger partial charge in [-0.05, 0) is 36.0 Å². The Hall–Kier alpha value is -1.11. The molecule has 15 heavy (non-hydrogen) atoms. The third-order valence-electron chi connectivity index (χ3n) is 3.57. The number of halogens is 1. The highest BCUT2D eigenvalue weighted by Gasteiger charge is 2.24. The van der Waals surface area contributed by atoms with E-state index in [-0.39, 0.29) is 5.82 Å². The highest BCUT2D eigenvalue weighted by atomic mass is 19.1. The van der Waals surface area contributed by atoms with Crippen molar-refractivity contribution in [2.45, 2.75) is 26.2 Å². The van der Waals surface area contributed by atoms with Crippen LogP contribution in [0.1, 0.15) is 31.7 Å². The van der Waals surface area contributed by atoms with Gasteiger partial charge in [-0.2, -0.15) is 0 Å². The smallest absolute Gasteiger partial charge is 0.123 e. The second-order valence-corrected chi connectivity index (χ2v) is 4.58. The number of rotatable bonds is 1. The minimum atomic E-state index is -0.153. The van der Waals surface area contributed by atoms with E-state index >= 15 is 0 Å². The molecule has 0 amide bonds. The van der Waals surface area contributed by atoms with Crippen LogP contribution in [-0.4, -0.2) is 0 Å². The van der Waals surface area contributed by atoms with E-state index in [1.54, 1.807) is 12.1 Å². The first-order valence-electron chi connectivity index (χ1n) is 5.60. The van der Waals surface area contributed by atoms with Gasteiger partial charge in [-0.25, -0.2) is 4.39 Å². The summed E-state index contributed by atoms with van der Waals surface area (Å²) < 4.78 is 12.8. The van der Waals surface area contributed by atoms with E-state index in [4.69, 9.17) is 0 Å². The summed E-state index contributed by atoms with van der Waals surface area (Å²) in [5.41, 5.74) is 1.23. The molecule has 0 spiro atoms. The fourth-order valence-electron chi connectivity index (χ4n) is 2.28. The van der Waals surface area contributed by atoms with E-state index in [0.717, 1.165) is 0 Å². The molecule has 0 aliphatic heterocycles. The molecule has 1 aromatic rings. The summed E-state index contributed by atoms with van der Waals surface area (Å²) in [4.78, 5) is 0. The molecule has 1 aliphatic rings. The zero-order chi connectivity index (χ0) is 10.8. The number of benzene rings is 1. The molecule has 3 atom stereocenters. The molecule has 0 aromatic heterocycles. The third kappa shape index (κ3) is 2.11. The topological polar surface area (TPSA) is 0 Å². The predicted octanol–water partition coefficient (Wildman–Crippen LogP) is 4.14. The SMILES string of the molecule is C[C@@H]1CC=CC(c2ccc(F)cc2)[C@@H]1C. The van der Waals surface area contributed by atoms with Crippen LogP contribution in [0.3, 0.4) is 0 Å².